The molecule has 0 saturated carbocycles. The highest BCUT2D eigenvalue weighted by atomic mass is 79.9. The Morgan fingerprint density at radius 2 is 1.85 bits per heavy atom. The average molecular weight is 469 g/mol. The molecule has 0 aliphatic rings. The van der Waals surface area contributed by atoms with Gasteiger partial charge in [0.25, 0.3) is 0 Å². The fraction of sp³-hybridized carbons (Fsp3) is 0.167. The van der Waals surface area contributed by atoms with E-state index in [9.17, 15) is 9.59 Å². The summed E-state index contributed by atoms with van der Waals surface area (Å²) < 4.78 is 2.10. The maximum absolute atomic E-state index is 12.0. The van der Waals surface area contributed by atoms with Gasteiger partial charge in [-0.05, 0) is 44.0 Å². The van der Waals surface area contributed by atoms with Crippen LogP contribution in [0, 0.1) is 12.3 Å². The van der Waals surface area contributed by atoms with Crippen LogP contribution in [0.5, 0.6) is 0 Å². The van der Waals surface area contributed by atoms with Crippen LogP contribution in [0.2, 0.25) is 0 Å². The Labute approximate surface area is 141 Å². The number of nitrogens with one attached hydrogen (secondary N) is 1. The second kappa shape index (κ2) is 7.67. The molecule has 0 aromatic heterocycles. The second-order valence-electron chi connectivity index (χ2n) is 3.63. The summed E-state index contributed by atoms with van der Waals surface area (Å²) in [4.78, 5) is 23.8. The highest BCUT2D eigenvalue weighted by Crippen LogP contribution is 2.34. The van der Waals surface area contributed by atoms with Gasteiger partial charge in [-0.3, -0.25) is 4.79 Å². The molecule has 1 aromatic rings. The lowest BCUT2D eigenvalue weighted by Crippen LogP contribution is -2.39. The number of nitrogens with zero attached hydrogens (tertiary/aromatic N) is 1. The number of amides is 2. The topological polar surface area (TPSA) is 69.6 Å². The zero-order chi connectivity index (χ0) is 15.3. The number of carbonyl (C=O) groups is 2. The Morgan fingerprint density at radius 3 is 2.30 bits per heavy atom. The minimum absolute atomic E-state index is 0.0934. The van der Waals surface area contributed by atoms with E-state index in [0.29, 0.717) is 14.6 Å². The number of halogens is 3. The van der Waals surface area contributed by atoms with Crippen LogP contribution in [-0.4, -0.2) is 35.1 Å². The molecular formula is C12H9Br3N2O3. The third-order valence-corrected chi connectivity index (χ3v) is 3.84. The Hall–Kier alpha value is -1.04. The van der Waals surface area contributed by atoms with Crippen molar-refractivity contribution in [3.05, 3.63) is 25.6 Å². The first kappa shape index (κ1) is 17.0. The van der Waals surface area contributed by atoms with E-state index in [2.05, 4.69) is 59.0 Å². The SMILES string of the molecule is C#CCN(CC(=O)O)C(=O)Nc1c(Br)cc(Br)cc1Br. The van der Waals surface area contributed by atoms with Gasteiger partial charge in [0.1, 0.15) is 6.54 Å². The molecule has 0 unspecified atom stereocenters. The molecule has 2 N–H and O–H groups in total. The van der Waals surface area contributed by atoms with Gasteiger partial charge in [0.05, 0.1) is 12.2 Å². The van der Waals surface area contributed by atoms with Gasteiger partial charge in [0.15, 0.2) is 0 Å². The minimum Gasteiger partial charge on any atom is -0.480 e. The van der Waals surface area contributed by atoms with Crippen LogP contribution in [-0.2, 0) is 4.79 Å². The van der Waals surface area contributed by atoms with Crippen molar-refractivity contribution in [2.45, 2.75) is 0 Å². The van der Waals surface area contributed by atoms with E-state index in [-0.39, 0.29) is 6.54 Å². The van der Waals surface area contributed by atoms with E-state index in [1.807, 2.05) is 0 Å². The van der Waals surface area contributed by atoms with Crippen molar-refractivity contribution in [3.8, 4) is 12.3 Å². The molecule has 0 spiro atoms. The molecule has 0 saturated heterocycles. The first-order valence-electron chi connectivity index (χ1n) is 5.21. The van der Waals surface area contributed by atoms with Crippen LogP contribution in [0.1, 0.15) is 0 Å². The summed E-state index contributed by atoms with van der Waals surface area (Å²) in [6.45, 7) is -0.564. The third-order valence-electron chi connectivity index (χ3n) is 2.13. The van der Waals surface area contributed by atoms with Gasteiger partial charge in [0.2, 0.25) is 0 Å². The van der Waals surface area contributed by atoms with E-state index in [1.165, 1.54) is 0 Å². The minimum atomic E-state index is -1.13. The molecule has 20 heavy (non-hydrogen) atoms. The van der Waals surface area contributed by atoms with Crippen molar-refractivity contribution >= 4 is 65.5 Å². The highest BCUT2D eigenvalue weighted by Gasteiger charge is 2.18. The maximum Gasteiger partial charge on any atom is 0.323 e. The van der Waals surface area contributed by atoms with Gasteiger partial charge < -0.3 is 15.3 Å². The summed E-state index contributed by atoms with van der Waals surface area (Å²) in [5, 5.41) is 11.4. The molecule has 1 aromatic carbocycles. The lowest BCUT2D eigenvalue weighted by molar-refractivity contribution is -0.137. The normalized spacial score (nSPS) is 9.70. The standard InChI is InChI=1S/C12H9Br3N2O3/c1-2-3-17(6-10(18)19)12(20)16-11-8(14)4-7(13)5-9(11)15/h1,4-5H,3,6H2,(H,16,20)(H,18,19). The van der Waals surface area contributed by atoms with Crippen molar-refractivity contribution in [1.82, 2.24) is 4.90 Å². The summed E-state index contributed by atoms with van der Waals surface area (Å²) in [5.74, 6) is 1.11. The van der Waals surface area contributed by atoms with Crippen molar-refractivity contribution < 1.29 is 14.7 Å². The molecule has 5 nitrogen and oxygen atoms in total. The van der Waals surface area contributed by atoms with Crippen LogP contribution in [0.25, 0.3) is 0 Å². The quantitative estimate of drug-likeness (QED) is 0.664. The third kappa shape index (κ3) is 4.81. The number of carboxylic acids is 1. The summed E-state index contributed by atoms with van der Waals surface area (Å²) in [6.07, 6.45) is 5.13. The predicted molar refractivity (Wildman–Crippen MR) is 86.6 cm³/mol. The van der Waals surface area contributed by atoms with Crippen LogP contribution < -0.4 is 5.32 Å². The molecule has 0 aliphatic heterocycles. The van der Waals surface area contributed by atoms with Crippen molar-refractivity contribution in [2.75, 3.05) is 18.4 Å². The van der Waals surface area contributed by atoms with Gasteiger partial charge in [-0.1, -0.05) is 21.9 Å². The fourth-order valence-electron chi connectivity index (χ4n) is 1.32. The monoisotopic (exact) mass is 466 g/mol. The molecule has 0 heterocycles. The number of terminal acetylenes is 1. The van der Waals surface area contributed by atoms with Gasteiger partial charge in [-0.25, -0.2) is 4.79 Å². The first-order chi connectivity index (χ1) is 9.35. The number of anilines is 1. The number of hydrogen-bond acceptors (Lipinski definition) is 2. The van der Waals surface area contributed by atoms with Crippen LogP contribution in [0.3, 0.4) is 0 Å². The highest BCUT2D eigenvalue weighted by molar-refractivity contribution is 9.11. The summed E-state index contributed by atoms with van der Waals surface area (Å²) in [7, 11) is 0. The molecule has 0 aliphatic carbocycles. The number of rotatable bonds is 4. The zero-order valence-corrected chi connectivity index (χ0v) is 14.7. The van der Waals surface area contributed by atoms with E-state index in [1.54, 1.807) is 12.1 Å². The lowest BCUT2D eigenvalue weighted by atomic mass is 10.3. The number of urea groups is 1. The van der Waals surface area contributed by atoms with Crippen LogP contribution in [0.4, 0.5) is 10.5 Å². The zero-order valence-electron chi connectivity index (χ0n) is 9.99. The Balaban J connectivity index is 2.94. The van der Waals surface area contributed by atoms with Crippen LogP contribution >= 0.6 is 47.8 Å². The molecule has 0 fully saturated rings. The number of carboxylic acid groups (broad SMARTS) is 1. The fourth-order valence-corrected chi connectivity index (χ4v) is 3.78. The number of hydrogen-bond donors (Lipinski definition) is 2. The van der Waals surface area contributed by atoms with Gasteiger partial charge in [-0.2, -0.15) is 0 Å². The second-order valence-corrected chi connectivity index (χ2v) is 6.25. The van der Waals surface area contributed by atoms with E-state index >= 15 is 0 Å². The molecule has 106 valence electrons. The summed E-state index contributed by atoms with van der Waals surface area (Å²) >= 11 is 9.94. The van der Waals surface area contributed by atoms with Crippen molar-refractivity contribution in [1.29, 1.82) is 0 Å². The van der Waals surface area contributed by atoms with Crippen molar-refractivity contribution in [2.24, 2.45) is 0 Å². The predicted octanol–water partition coefficient (Wildman–Crippen LogP) is 3.53. The van der Waals surface area contributed by atoms with E-state index in [4.69, 9.17) is 11.5 Å². The maximum atomic E-state index is 12.0. The van der Waals surface area contributed by atoms with Crippen LogP contribution in [0.15, 0.2) is 25.6 Å². The molecule has 1 rings (SSSR count). The number of aliphatic carboxylic acids is 1. The molecule has 2 amide bonds. The summed E-state index contributed by atoms with van der Waals surface area (Å²) in [6, 6.07) is 2.92. The Bertz CT molecular complexity index is 561. The molecular weight excluding hydrogens is 460 g/mol. The van der Waals surface area contributed by atoms with E-state index in [0.717, 1.165) is 9.37 Å². The van der Waals surface area contributed by atoms with Gasteiger partial charge >= 0.3 is 12.0 Å². The van der Waals surface area contributed by atoms with Gasteiger partial charge in [0, 0.05) is 13.4 Å². The molecule has 8 heteroatoms. The van der Waals surface area contributed by atoms with Crippen molar-refractivity contribution in [3.63, 3.8) is 0 Å². The number of carbonyl (C=O) groups excluding carboxylic acids is 1. The smallest absolute Gasteiger partial charge is 0.323 e. The molecule has 0 atom stereocenters. The molecule has 0 bridgehead atoms. The van der Waals surface area contributed by atoms with Gasteiger partial charge in [-0.15, -0.1) is 6.42 Å². The Morgan fingerprint density at radius 1 is 1.30 bits per heavy atom. The van der Waals surface area contributed by atoms with E-state index < -0.39 is 18.5 Å². The average Bonchev–Trinajstić information content (AvgIpc) is 2.32. The summed E-state index contributed by atoms with van der Waals surface area (Å²) in [5.41, 5.74) is 0.491. The Kier molecular flexibility index (Phi) is 6.52. The largest absolute Gasteiger partial charge is 0.480 e. The lowest BCUT2D eigenvalue weighted by Gasteiger charge is -2.19. The number of benzene rings is 1. The molecule has 0 radical (unpaired) electrons. The first-order valence-corrected chi connectivity index (χ1v) is 7.58.